The minimum Gasteiger partial charge on any atom is -0.497 e. The van der Waals surface area contributed by atoms with Crippen molar-refractivity contribution in [3.63, 3.8) is 0 Å². The van der Waals surface area contributed by atoms with Gasteiger partial charge in [-0.05, 0) is 56.9 Å². The summed E-state index contributed by atoms with van der Waals surface area (Å²) in [6.45, 7) is 2.28. The molecule has 0 bridgehead atoms. The van der Waals surface area contributed by atoms with Gasteiger partial charge in [0.15, 0.2) is 0 Å². The van der Waals surface area contributed by atoms with Crippen molar-refractivity contribution in [1.82, 2.24) is 15.2 Å². The highest BCUT2D eigenvalue weighted by molar-refractivity contribution is 6.31. The Balaban J connectivity index is 1.83. The predicted molar refractivity (Wildman–Crippen MR) is 113 cm³/mol. The third-order valence-corrected chi connectivity index (χ3v) is 5.14. The Kier molecular flexibility index (Phi) is 6.17. The van der Waals surface area contributed by atoms with E-state index >= 15 is 0 Å². The summed E-state index contributed by atoms with van der Waals surface area (Å²) in [4.78, 5) is 19.5. The van der Waals surface area contributed by atoms with Crippen molar-refractivity contribution in [2.75, 3.05) is 27.7 Å². The van der Waals surface area contributed by atoms with E-state index in [2.05, 4.69) is 10.3 Å². The molecule has 0 radical (unpaired) electrons. The molecule has 5 nitrogen and oxygen atoms in total. The fraction of sp³-hybridized carbons (Fsp3) is 0.273. The number of aryl methyl sites for hydroxylation is 1. The number of fused-ring (bicyclic) bond motifs is 1. The van der Waals surface area contributed by atoms with E-state index in [0.29, 0.717) is 22.8 Å². The highest BCUT2D eigenvalue weighted by Crippen LogP contribution is 2.26. The number of likely N-dealkylation sites (N-methyl/N-ethyl adjacent to an activating group) is 1. The monoisotopic (exact) mass is 397 g/mol. The SMILES string of the molecule is COc1ccc2nc(C)c(C(=O)NCC(c3ccccc3Cl)N(C)C)cc2c1. The molecule has 0 aliphatic carbocycles. The Bertz CT molecular complexity index is 1000. The van der Waals surface area contributed by atoms with E-state index in [1.807, 2.05) is 74.4 Å². The van der Waals surface area contributed by atoms with Crippen LogP contribution in [-0.4, -0.2) is 43.5 Å². The maximum absolute atomic E-state index is 12.9. The van der Waals surface area contributed by atoms with E-state index in [1.54, 1.807) is 7.11 Å². The molecule has 0 saturated heterocycles. The van der Waals surface area contributed by atoms with Gasteiger partial charge in [-0.2, -0.15) is 0 Å². The fourth-order valence-corrected chi connectivity index (χ4v) is 3.47. The zero-order valence-corrected chi connectivity index (χ0v) is 17.2. The lowest BCUT2D eigenvalue weighted by atomic mass is 10.1. The molecule has 28 heavy (non-hydrogen) atoms. The zero-order valence-electron chi connectivity index (χ0n) is 16.5. The number of pyridine rings is 1. The Labute approximate surface area is 170 Å². The summed E-state index contributed by atoms with van der Waals surface area (Å²) in [7, 11) is 5.55. The molecule has 0 saturated carbocycles. The van der Waals surface area contributed by atoms with Crippen LogP contribution < -0.4 is 10.1 Å². The largest absolute Gasteiger partial charge is 0.497 e. The molecule has 146 valence electrons. The third kappa shape index (κ3) is 4.26. The molecular weight excluding hydrogens is 374 g/mol. The van der Waals surface area contributed by atoms with Crippen molar-refractivity contribution in [2.45, 2.75) is 13.0 Å². The Hall–Kier alpha value is -2.63. The van der Waals surface area contributed by atoms with Gasteiger partial charge in [-0.15, -0.1) is 0 Å². The standard InChI is InChI=1S/C22H24ClN3O2/c1-14-18(12-15-11-16(28-4)9-10-20(15)25-14)22(27)24-13-21(26(2)3)17-7-5-6-8-19(17)23/h5-12,21H,13H2,1-4H3,(H,24,27). The predicted octanol–water partition coefficient (Wildman–Crippen LogP) is 4.24. The van der Waals surface area contributed by atoms with E-state index in [4.69, 9.17) is 16.3 Å². The number of nitrogens with one attached hydrogen (secondary N) is 1. The van der Waals surface area contributed by atoms with Crippen molar-refractivity contribution < 1.29 is 9.53 Å². The number of rotatable bonds is 6. The number of benzene rings is 2. The molecule has 0 aliphatic heterocycles. The number of hydrogen-bond acceptors (Lipinski definition) is 4. The lowest BCUT2D eigenvalue weighted by Crippen LogP contribution is -2.35. The average molecular weight is 398 g/mol. The second kappa shape index (κ2) is 8.59. The molecule has 1 aromatic heterocycles. The van der Waals surface area contributed by atoms with E-state index in [9.17, 15) is 4.79 Å². The second-order valence-electron chi connectivity index (χ2n) is 6.89. The van der Waals surface area contributed by atoms with Gasteiger partial charge < -0.3 is 15.0 Å². The molecule has 1 amide bonds. The first-order valence-corrected chi connectivity index (χ1v) is 9.43. The molecule has 1 heterocycles. The van der Waals surface area contributed by atoms with Crippen LogP contribution in [0.1, 0.15) is 27.7 Å². The van der Waals surface area contributed by atoms with E-state index < -0.39 is 0 Å². The summed E-state index contributed by atoms with van der Waals surface area (Å²) in [6.07, 6.45) is 0. The molecule has 0 fully saturated rings. The van der Waals surface area contributed by atoms with Crippen molar-refractivity contribution in [3.05, 3.63) is 70.4 Å². The van der Waals surface area contributed by atoms with E-state index in [-0.39, 0.29) is 11.9 Å². The summed E-state index contributed by atoms with van der Waals surface area (Å²) in [6, 6.07) is 15.1. The number of methoxy groups -OCH3 is 1. The van der Waals surface area contributed by atoms with Gasteiger partial charge >= 0.3 is 0 Å². The summed E-state index contributed by atoms with van der Waals surface area (Å²) < 4.78 is 5.27. The zero-order chi connectivity index (χ0) is 20.3. The molecule has 3 aromatic rings. The number of amides is 1. The lowest BCUT2D eigenvalue weighted by Gasteiger charge is -2.26. The number of halogens is 1. The maximum Gasteiger partial charge on any atom is 0.253 e. The summed E-state index contributed by atoms with van der Waals surface area (Å²) >= 11 is 6.35. The molecule has 6 heteroatoms. The van der Waals surface area contributed by atoms with Gasteiger partial charge in [-0.1, -0.05) is 29.8 Å². The number of carbonyl (C=O) groups is 1. The van der Waals surface area contributed by atoms with E-state index in [0.717, 1.165) is 22.2 Å². The van der Waals surface area contributed by atoms with Crippen LogP contribution in [0, 0.1) is 6.92 Å². The third-order valence-electron chi connectivity index (χ3n) is 4.80. The van der Waals surface area contributed by atoms with Crippen molar-refractivity contribution >= 4 is 28.4 Å². The van der Waals surface area contributed by atoms with Crippen LogP contribution in [0.5, 0.6) is 5.75 Å². The average Bonchev–Trinajstić information content (AvgIpc) is 2.68. The number of aromatic nitrogens is 1. The van der Waals surface area contributed by atoms with Gasteiger partial charge in [0.2, 0.25) is 0 Å². The minimum absolute atomic E-state index is 0.0357. The van der Waals surface area contributed by atoms with Gasteiger partial charge in [0.05, 0.1) is 29.9 Å². The highest BCUT2D eigenvalue weighted by Gasteiger charge is 2.19. The Morgan fingerprint density at radius 1 is 1.21 bits per heavy atom. The topological polar surface area (TPSA) is 54.5 Å². The minimum atomic E-state index is -0.159. The molecule has 1 unspecified atom stereocenters. The molecule has 2 aromatic carbocycles. The van der Waals surface area contributed by atoms with Gasteiger partial charge in [-0.25, -0.2) is 0 Å². The Morgan fingerprint density at radius 3 is 2.64 bits per heavy atom. The molecule has 1 N–H and O–H groups in total. The first kappa shape index (κ1) is 20.1. The molecule has 3 rings (SSSR count). The van der Waals surface area contributed by atoms with Crippen LogP contribution in [-0.2, 0) is 0 Å². The number of carbonyl (C=O) groups excluding carboxylic acids is 1. The van der Waals surface area contributed by atoms with E-state index in [1.165, 1.54) is 0 Å². The van der Waals surface area contributed by atoms with Crippen molar-refractivity contribution in [2.24, 2.45) is 0 Å². The van der Waals surface area contributed by atoms with Crippen molar-refractivity contribution in [1.29, 1.82) is 0 Å². The van der Waals surface area contributed by atoms with Crippen LogP contribution in [0.2, 0.25) is 5.02 Å². The molecule has 0 spiro atoms. The van der Waals surface area contributed by atoms with Crippen molar-refractivity contribution in [3.8, 4) is 5.75 Å². The summed E-state index contributed by atoms with van der Waals surface area (Å²) in [5.74, 6) is 0.574. The lowest BCUT2D eigenvalue weighted by molar-refractivity contribution is 0.0941. The smallest absolute Gasteiger partial charge is 0.253 e. The normalized spacial score (nSPS) is 12.2. The number of ether oxygens (including phenoxy) is 1. The molecule has 0 aliphatic rings. The van der Waals surface area contributed by atoms with Crippen LogP contribution >= 0.6 is 11.6 Å². The van der Waals surface area contributed by atoms with Crippen LogP contribution in [0.3, 0.4) is 0 Å². The Morgan fingerprint density at radius 2 is 1.96 bits per heavy atom. The van der Waals surface area contributed by atoms with Crippen LogP contribution in [0.15, 0.2) is 48.5 Å². The number of nitrogens with zero attached hydrogens (tertiary/aromatic N) is 2. The summed E-state index contributed by atoms with van der Waals surface area (Å²) in [5.41, 5.74) is 3.05. The second-order valence-corrected chi connectivity index (χ2v) is 7.30. The van der Waals surface area contributed by atoms with Gasteiger partial charge in [0, 0.05) is 17.0 Å². The first-order chi connectivity index (χ1) is 13.4. The maximum atomic E-state index is 12.9. The quantitative estimate of drug-likeness (QED) is 0.676. The number of hydrogen-bond donors (Lipinski definition) is 1. The highest BCUT2D eigenvalue weighted by atomic mass is 35.5. The van der Waals surface area contributed by atoms with Crippen LogP contribution in [0.25, 0.3) is 10.9 Å². The molecular formula is C22H24ClN3O2. The summed E-state index contributed by atoms with van der Waals surface area (Å²) in [5, 5.41) is 4.58. The fourth-order valence-electron chi connectivity index (χ4n) is 3.21. The van der Waals surface area contributed by atoms with Gasteiger partial charge in [0.1, 0.15) is 5.75 Å². The van der Waals surface area contributed by atoms with Crippen LogP contribution in [0.4, 0.5) is 0 Å². The first-order valence-electron chi connectivity index (χ1n) is 9.05. The van der Waals surface area contributed by atoms with Gasteiger partial charge in [-0.3, -0.25) is 9.78 Å². The van der Waals surface area contributed by atoms with Gasteiger partial charge in [0.25, 0.3) is 5.91 Å². The molecule has 1 atom stereocenters.